The Bertz CT molecular complexity index is 485. The molecule has 0 aromatic heterocycles. The number of carbonyl (C=O) groups excluding carboxylic acids is 1. The lowest BCUT2D eigenvalue weighted by Gasteiger charge is -2.07. The molecule has 94 valence electrons. The summed E-state index contributed by atoms with van der Waals surface area (Å²) in [4.78, 5) is 11.1. The van der Waals surface area contributed by atoms with Gasteiger partial charge in [-0.05, 0) is 19.1 Å². The molecule has 17 heavy (non-hydrogen) atoms. The van der Waals surface area contributed by atoms with E-state index in [1.165, 1.54) is 12.1 Å². The first-order valence-electron chi connectivity index (χ1n) is 4.89. The standard InChI is InChI=1S/C10H13FN2O3S/c1-8-2-4-9(5-3-8)17(15,16)13-10(14)12-7-6-11/h2-5H,6-7H2,1H3,(H2,12,13,14). The van der Waals surface area contributed by atoms with E-state index in [-0.39, 0.29) is 11.4 Å². The molecule has 1 rings (SSSR count). The molecule has 2 amide bonds. The number of alkyl halides is 1. The van der Waals surface area contributed by atoms with Crippen molar-refractivity contribution in [3.05, 3.63) is 29.8 Å². The molecule has 0 spiro atoms. The highest BCUT2D eigenvalue weighted by Gasteiger charge is 2.16. The number of benzene rings is 1. The van der Waals surface area contributed by atoms with E-state index in [9.17, 15) is 17.6 Å². The first-order chi connectivity index (χ1) is 7.95. The molecule has 5 nitrogen and oxygen atoms in total. The molecule has 1 aromatic rings. The molecule has 0 radical (unpaired) electrons. The SMILES string of the molecule is Cc1ccc(S(=O)(=O)NC(=O)NCCF)cc1. The van der Waals surface area contributed by atoms with Gasteiger partial charge < -0.3 is 5.32 Å². The summed E-state index contributed by atoms with van der Waals surface area (Å²) in [6.45, 7) is 0.838. The van der Waals surface area contributed by atoms with E-state index in [0.717, 1.165) is 5.56 Å². The van der Waals surface area contributed by atoms with E-state index < -0.39 is 22.7 Å². The molecule has 0 unspecified atom stereocenters. The number of amides is 2. The molecule has 0 aliphatic carbocycles. The topological polar surface area (TPSA) is 75.3 Å². The van der Waals surface area contributed by atoms with Crippen molar-refractivity contribution in [2.24, 2.45) is 0 Å². The van der Waals surface area contributed by atoms with Crippen molar-refractivity contribution < 1.29 is 17.6 Å². The summed E-state index contributed by atoms with van der Waals surface area (Å²) < 4.78 is 36.8. The Kier molecular flexibility index (Phi) is 4.45. The van der Waals surface area contributed by atoms with Crippen LogP contribution in [0.2, 0.25) is 0 Å². The van der Waals surface area contributed by atoms with Gasteiger partial charge in [0.15, 0.2) is 0 Å². The number of nitrogens with one attached hydrogen (secondary N) is 2. The molecule has 0 bridgehead atoms. The lowest BCUT2D eigenvalue weighted by molar-refractivity contribution is 0.244. The van der Waals surface area contributed by atoms with Crippen LogP contribution in [0.15, 0.2) is 29.2 Å². The second-order valence-electron chi connectivity index (χ2n) is 3.36. The van der Waals surface area contributed by atoms with Crippen molar-refractivity contribution in [2.75, 3.05) is 13.2 Å². The van der Waals surface area contributed by atoms with Gasteiger partial charge in [0.1, 0.15) is 6.67 Å². The number of carbonyl (C=O) groups is 1. The largest absolute Gasteiger partial charge is 0.335 e. The molecule has 0 atom stereocenters. The third-order valence-electron chi connectivity index (χ3n) is 1.94. The molecule has 0 aliphatic heterocycles. The number of rotatable bonds is 4. The highest BCUT2D eigenvalue weighted by Crippen LogP contribution is 2.09. The summed E-state index contributed by atoms with van der Waals surface area (Å²) in [5, 5.41) is 2.07. The first-order valence-corrected chi connectivity index (χ1v) is 6.37. The minimum absolute atomic E-state index is 0.0153. The Hall–Kier alpha value is -1.63. The van der Waals surface area contributed by atoms with Crippen LogP contribution in [0.25, 0.3) is 0 Å². The van der Waals surface area contributed by atoms with Crippen molar-refractivity contribution in [3.8, 4) is 0 Å². The average molecular weight is 260 g/mol. The summed E-state index contributed by atoms with van der Waals surface area (Å²) in [5.41, 5.74) is 0.908. The summed E-state index contributed by atoms with van der Waals surface area (Å²) in [5.74, 6) is 0. The zero-order valence-electron chi connectivity index (χ0n) is 9.23. The van der Waals surface area contributed by atoms with Gasteiger partial charge in [0, 0.05) is 6.54 Å². The van der Waals surface area contributed by atoms with Gasteiger partial charge in [-0.1, -0.05) is 17.7 Å². The van der Waals surface area contributed by atoms with E-state index in [1.807, 2.05) is 6.92 Å². The van der Waals surface area contributed by atoms with Crippen molar-refractivity contribution in [1.82, 2.24) is 10.0 Å². The molecule has 7 heteroatoms. The van der Waals surface area contributed by atoms with Crippen LogP contribution in [0, 0.1) is 6.92 Å². The van der Waals surface area contributed by atoms with Crippen LogP contribution in [0.4, 0.5) is 9.18 Å². The van der Waals surface area contributed by atoms with E-state index >= 15 is 0 Å². The summed E-state index contributed by atoms with van der Waals surface area (Å²) >= 11 is 0. The highest BCUT2D eigenvalue weighted by atomic mass is 32.2. The molecule has 1 aromatic carbocycles. The fourth-order valence-corrected chi connectivity index (χ4v) is 2.02. The van der Waals surface area contributed by atoms with Crippen LogP contribution in [-0.4, -0.2) is 27.7 Å². The zero-order valence-corrected chi connectivity index (χ0v) is 10.1. The molecule has 0 heterocycles. The van der Waals surface area contributed by atoms with Gasteiger partial charge in [0.2, 0.25) is 0 Å². The Morgan fingerprint density at radius 1 is 1.29 bits per heavy atom. The molecule has 2 N–H and O–H groups in total. The highest BCUT2D eigenvalue weighted by molar-refractivity contribution is 7.90. The maximum absolute atomic E-state index is 11.8. The second kappa shape index (κ2) is 5.62. The molecular weight excluding hydrogens is 247 g/mol. The normalized spacial score (nSPS) is 10.9. The minimum atomic E-state index is -3.89. The van der Waals surface area contributed by atoms with E-state index in [2.05, 4.69) is 5.32 Å². The van der Waals surface area contributed by atoms with Crippen LogP contribution in [0.3, 0.4) is 0 Å². The van der Waals surface area contributed by atoms with Crippen LogP contribution in [0.5, 0.6) is 0 Å². The lowest BCUT2D eigenvalue weighted by Crippen LogP contribution is -2.40. The zero-order chi connectivity index (χ0) is 12.9. The third kappa shape index (κ3) is 4.03. The van der Waals surface area contributed by atoms with Gasteiger partial charge in [0.25, 0.3) is 10.0 Å². The van der Waals surface area contributed by atoms with Crippen LogP contribution < -0.4 is 10.0 Å². The Labute approximate surface area is 99.1 Å². The number of urea groups is 1. The smallest absolute Gasteiger partial charge is 0.328 e. The molecule has 0 saturated carbocycles. The van der Waals surface area contributed by atoms with E-state index in [1.54, 1.807) is 16.9 Å². The Morgan fingerprint density at radius 2 is 1.88 bits per heavy atom. The second-order valence-corrected chi connectivity index (χ2v) is 5.05. The lowest BCUT2D eigenvalue weighted by atomic mass is 10.2. The fourth-order valence-electron chi connectivity index (χ4n) is 1.10. The molecule has 0 saturated heterocycles. The number of halogens is 1. The van der Waals surface area contributed by atoms with Gasteiger partial charge in [-0.3, -0.25) is 0 Å². The van der Waals surface area contributed by atoms with Gasteiger partial charge in [-0.2, -0.15) is 0 Å². The number of sulfonamides is 1. The summed E-state index contributed by atoms with van der Waals surface area (Å²) in [7, 11) is -3.89. The Balaban J connectivity index is 2.75. The molecule has 0 fully saturated rings. The van der Waals surface area contributed by atoms with Crippen LogP contribution in [0.1, 0.15) is 5.56 Å². The van der Waals surface area contributed by atoms with E-state index in [4.69, 9.17) is 0 Å². The van der Waals surface area contributed by atoms with Gasteiger partial charge in [-0.15, -0.1) is 0 Å². The summed E-state index contributed by atoms with van der Waals surface area (Å²) in [6, 6.07) is 5.07. The average Bonchev–Trinajstić information content (AvgIpc) is 2.26. The molecular formula is C10H13FN2O3S. The third-order valence-corrected chi connectivity index (χ3v) is 3.29. The first kappa shape index (κ1) is 13.4. The maximum atomic E-state index is 11.8. The number of hydrogen-bond acceptors (Lipinski definition) is 3. The quantitative estimate of drug-likeness (QED) is 0.846. The number of hydrogen-bond donors (Lipinski definition) is 2. The van der Waals surface area contributed by atoms with Gasteiger partial charge in [0.05, 0.1) is 4.90 Å². The van der Waals surface area contributed by atoms with Gasteiger partial charge >= 0.3 is 6.03 Å². The van der Waals surface area contributed by atoms with Crippen LogP contribution in [-0.2, 0) is 10.0 Å². The monoisotopic (exact) mass is 260 g/mol. The van der Waals surface area contributed by atoms with Crippen molar-refractivity contribution in [1.29, 1.82) is 0 Å². The van der Waals surface area contributed by atoms with Crippen molar-refractivity contribution in [3.63, 3.8) is 0 Å². The number of aryl methyl sites for hydroxylation is 1. The van der Waals surface area contributed by atoms with Crippen molar-refractivity contribution in [2.45, 2.75) is 11.8 Å². The van der Waals surface area contributed by atoms with Crippen LogP contribution >= 0.6 is 0 Å². The minimum Gasteiger partial charge on any atom is -0.335 e. The van der Waals surface area contributed by atoms with E-state index in [0.29, 0.717) is 0 Å². The van der Waals surface area contributed by atoms with Gasteiger partial charge in [-0.25, -0.2) is 22.3 Å². The fraction of sp³-hybridized carbons (Fsp3) is 0.300. The maximum Gasteiger partial charge on any atom is 0.328 e. The predicted molar refractivity (Wildman–Crippen MR) is 60.9 cm³/mol. The summed E-state index contributed by atoms with van der Waals surface area (Å²) in [6.07, 6.45) is 0. The Morgan fingerprint density at radius 3 is 2.41 bits per heavy atom. The van der Waals surface area contributed by atoms with Crippen molar-refractivity contribution >= 4 is 16.1 Å². The predicted octanol–water partition coefficient (Wildman–Crippen LogP) is 0.952. The molecule has 0 aliphatic rings.